The van der Waals surface area contributed by atoms with Crippen molar-refractivity contribution in [2.24, 2.45) is 0 Å². The van der Waals surface area contributed by atoms with Crippen LogP contribution in [0, 0.1) is 6.92 Å². The van der Waals surface area contributed by atoms with E-state index in [9.17, 15) is 18.0 Å². The summed E-state index contributed by atoms with van der Waals surface area (Å²) in [7, 11) is -3.84. The minimum atomic E-state index is -3.84. The third kappa shape index (κ3) is 3.47. The van der Waals surface area contributed by atoms with Gasteiger partial charge in [-0.1, -0.05) is 29.8 Å². The normalized spacial score (nSPS) is 14.0. The molecule has 7 heteroatoms. The number of hydrogen-bond donors (Lipinski definition) is 0. The highest BCUT2D eigenvalue weighted by molar-refractivity contribution is 7.86. The van der Waals surface area contributed by atoms with Gasteiger partial charge in [-0.25, -0.2) is 0 Å². The van der Waals surface area contributed by atoms with Crippen molar-refractivity contribution in [3.8, 4) is 0 Å². The predicted molar refractivity (Wildman–Crippen MR) is 90.7 cm³/mol. The van der Waals surface area contributed by atoms with E-state index in [-0.39, 0.29) is 36.3 Å². The molecule has 0 radical (unpaired) electrons. The van der Waals surface area contributed by atoms with Crippen LogP contribution >= 0.6 is 0 Å². The van der Waals surface area contributed by atoms with Crippen LogP contribution in [0.3, 0.4) is 0 Å². The molecule has 0 atom stereocenters. The largest absolute Gasteiger partial charge is 0.296 e. The highest BCUT2D eigenvalue weighted by Crippen LogP contribution is 2.22. The van der Waals surface area contributed by atoms with E-state index in [2.05, 4.69) is 0 Å². The fourth-order valence-electron chi connectivity index (χ4n) is 2.61. The van der Waals surface area contributed by atoms with Gasteiger partial charge < -0.3 is 0 Å². The molecule has 0 unspecified atom stereocenters. The van der Waals surface area contributed by atoms with Crippen molar-refractivity contribution in [3.05, 3.63) is 65.2 Å². The summed E-state index contributed by atoms with van der Waals surface area (Å²) in [4.78, 5) is 25.6. The van der Waals surface area contributed by atoms with Crippen molar-refractivity contribution in [3.63, 3.8) is 0 Å². The molecule has 0 fully saturated rings. The summed E-state index contributed by atoms with van der Waals surface area (Å²) >= 11 is 0. The average Bonchev–Trinajstić information content (AvgIpc) is 2.84. The summed E-state index contributed by atoms with van der Waals surface area (Å²) in [6.07, 6.45) is 0.233. The molecule has 1 aliphatic heterocycles. The first-order valence-corrected chi connectivity index (χ1v) is 9.22. The minimum Gasteiger partial charge on any atom is -0.274 e. The molecule has 6 nitrogen and oxygen atoms in total. The molecule has 2 amide bonds. The summed E-state index contributed by atoms with van der Waals surface area (Å²) < 4.78 is 29.1. The number of fused-ring (bicyclic) bond motifs is 1. The maximum absolute atomic E-state index is 12.2. The molecule has 3 rings (SSSR count). The number of benzene rings is 2. The van der Waals surface area contributed by atoms with Crippen molar-refractivity contribution in [1.29, 1.82) is 0 Å². The van der Waals surface area contributed by atoms with Crippen LogP contribution in [-0.2, 0) is 14.3 Å². The molecule has 130 valence electrons. The summed E-state index contributed by atoms with van der Waals surface area (Å²) in [5, 5.41) is 0. The lowest BCUT2D eigenvalue weighted by atomic mass is 10.1. The Morgan fingerprint density at radius 1 is 0.920 bits per heavy atom. The van der Waals surface area contributed by atoms with E-state index in [0.29, 0.717) is 11.1 Å². The van der Waals surface area contributed by atoms with Crippen molar-refractivity contribution in [1.82, 2.24) is 4.90 Å². The molecule has 0 spiro atoms. The van der Waals surface area contributed by atoms with E-state index < -0.39 is 10.1 Å². The van der Waals surface area contributed by atoms with E-state index >= 15 is 0 Å². The Bertz CT molecular complexity index is 884. The average molecular weight is 359 g/mol. The summed E-state index contributed by atoms with van der Waals surface area (Å²) in [6, 6.07) is 12.9. The van der Waals surface area contributed by atoms with Crippen LogP contribution in [0.4, 0.5) is 0 Å². The van der Waals surface area contributed by atoms with E-state index in [1.807, 2.05) is 6.92 Å². The first kappa shape index (κ1) is 17.3. The number of nitrogens with zero attached hydrogens (tertiary/aromatic N) is 1. The lowest BCUT2D eigenvalue weighted by Gasteiger charge is -2.13. The number of amides is 2. The van der Waals surface area contributed by atoms with Crippen LogP contribution in [0.5, 0.6) is 0 Å². The molecule has 1 heterocycles. The molecule has 0 bridgehead atoms. The van der Waals surface area contributed by atoms with E-state index in [4.69, 9.17) is 4.18 Å². The van der Waals surface area contributed by atoms with Gasteiger partial charge in [0.25, 0.3) is 21.9 Å². The van der Waals surface area contributed by atoms with Crippen LogP contribution in [0.2, 0.25) is 0 Å². The third-order valence-electron chi connectivity index (χ3n) is 3.95. The van der Waals surface area contributed by atoms with Gasteiger partial charge in [-0.2, -0.15) is 8.42 Å². The van der Waals surface area contributed by atoms with Gasteiger partial charge in [0.2, 0.25) is 0 Å². The quantitative estimate of drug-likeness (QED) is 0.449. The summed E-state index contributed by atoms with van der Waals surface area (Å²) in [6.45, 7) is 1.86. The maximum Gasteiger partial charge on any atom is 0.296 e. The monoisotopic (exact) mass is 359 g/mol. The zero-order valence-corrected chi connectivity index (χ0v) is 14.5. The second kappa shape index (κ2) is 6.78. The lowest BCUT2D eigenvalue weighted by molar-refractivity contribution is 0.0647. The zero-order valence-electron chi connectivity index (χ0n) is 13.6. The standard InChI is InChI=1S/C18H17NO5S/c1-13-7-9-14(10-8-13)25(22,23)24-12-4-11-19-17(20)15-5-2-3-6-16(15)18(19)21/h2-3,5-10H,4,11-12H2,1H3. The fourth-order valence-corrected chi connectivity index (χ4v) is 3.55. The fraction of sp³-hybridized carbons (Fsp3) is 0.222. The number of carbonyl (C=O) groups is 2. The molecule has 1 aliphatic rings. The maximum atomic E-state index is 12.2. The van der Waals surface area contributed by atoms with Crippen molar-refractivity contribution >= 4 is 21.9 Å². The minimum absolute atomic E-state index is 0.0823. The molecule has 0 aromatic heterocycles. The first-order chi connectivity index (χ1) is 11.9. The Hall–Kier alpha value is -2.51. The van der Waals surface area contributed by atoms with E-state index in [0.717, 1.165) is 10.5 Å². The molecular weight excluding hydrogens is 342 g/mol. The van der Waals surface area contributed by atoms with Gasteiger partial charge in [-0.05, 0) is 37.6 Å². The Balaban J connectivity index is 1.57. The number of carbonyl (C=O) groups excluding carboxylic acids is 2. The Morgan fingerprint density at radius 2 is 1.48 bits per heavy atom. The van der Waals surface area contributed by atoms with Gasteiger partial charge in [0, 0.05) is 6.54 Å². The molecule has 2 aromatic rings. The number of aryl methyl sites for hydroxylation is 1. The molecule has 0 saturated heterocycles. The number of rotatable bonds is 6. The Morgan fingerprint density at radius 3 is 2.04 bits per heavy atom. The van der Waals surface area contributed by atoms with Gasteiger partial charge >= 0.3 is 0 Å². The topological polar surface area (TPSA) is 80.8 Å². The van der Waals surface area contributed by atoms with Gasteiger partial charge in [-0.15, -0.1) is 0 Å². The van der Waals surface area contributed by atoms with Crippen LogP contribution in [0.1, 0.15) is 32.7 Å². The Kier molecular flexibility index (Phi) is 4.69. The first-order valence-electron chi connectivity index (χ1n) is 7.81. The van der Waals surface area contributed by atoms with Crippen molar-refractivity contribution < 1.29 is 22.2 Å². The SMILES string of the molecule is Cc1ccc(S(=O)(=O)OCCCN2C(=O)c3ccccc3C2=O)cc1. The predicted octanol–water partition coefficient (Wildman–Crippen LogP) is 2.39. The number of imide groups is 1. The third-order valence-corrected chi connectivity index (χ3v) is 5.28. The highest BCUT2D eigenvalue weighted by Gasteiger charge is 2.34. The molecule has 2 aromatic carbocycles. The van der Waals surface area contributed by atoms with Crippen molar-refractivity contribution in [2.45, 2.75) is 18.2 Å². The Labute approximate surface area is 146 Å². The van der Waals surface area contributed by atoms with Crippen LogP contribution in [0.25, 0.3) is 0 Å². The second-order valence-electron chi connectivity index (χ2n) is 5.75. The molecular formula is C18H17NO5S. The number of hydrogen-bond acceptors (Lipinski definition) is 5. The second-order valence-corrected chi connectivity index (χ2v) is 7.37. The van der Waals surface area contributed by atoms with E-state index in [1.54, 1.807) is 36.4 Å². The van der Waals surface area contributed by atoms with Gasteiger partial charge in [0.05, 0.1) is 22.6 Å². The van der Waals surface area contributed by atoms with Crippen molar-refractivity contribution in [2.75, 3.05) is 13.2 Å². The van der Waals surface area contributed by atoms with Crippen LogP contribution < -0.4 is 0 Å². The summed E-state index contributed by atoms with van der Waals surface area (Å²) in [5.74, 6) is -0.719. The smallest absolute Gasteiger partial charge is 0.274 e. The highest BCUT2D eigenvalue weighted by atomic mass is 32.2. The van der Waals surface area contributed by atoms with E-state index in [1.165, 1.54) is 12.1 Å². The van der Waals surface area contributed by atoms with Crippen LogP contribution in [0.15, 0.2) is 53.4 Å². The van der Waals surface area contributed by atoms with Gasteiger partial charge in [-0.3, -0.25) is 18.7 Å². The van der Waals surface area contributed by atoms with Gasteiger partial charge in [0.1, 0.15) is 0 Å². The van der Waals surface area contributed by atoms with Crippen LogP contribution in [-0.4, -0.2) is 38.3 Å². The lowest BCUT2D eigenvalue weighted by Crippen LogP contribution is -2.31. The molecule has 25 heavy (non-hydrogen) atoms. The molecule has 0 aliphatic carbocycles. The zero-order chi connectivity index (χ0) is 18.0. The molecule has 0 N–H and O–H groups in total. The molecule has 0 saturated carbocycles. The summed E-state index contributed by atoms with van der Waals surface area (Å²) in [5.41, 5.74) is 1.70. The van der Waals surface area contributed by atoms with Gasteiger partial charge in [0.15, 0.2) is 0 Å².